The Bertz CT molecular complexity index is 525. The van der Waals surface area contributed by atoms with Gasteiger partial charge in [-0.2, -0.15) is 0 Å². The summed E-state index contributed by atoms with van der Waals surface area (Å²) in [4.78, 5) is 26.6. The first kappa shape index (κ1) is 16.6. The Hall–Kier alpha value is -2.41. The van der Waals surface area contributed by atoms with Crippen LogP contribution in [0.2, 0.25) is 0 Å². The lowest BCUT2D eigenvalue weighted by molar-refractivity contribution is -0.138. The van der Waals surface area contributed by atoms with Crippen LogP contribution in [-0.2, 0) is 14.4 Å². The summed E-state index contributed by atoms with van der Waals surface area (Å²) in [6, 6.07) is 5.73. The molecule has 0 unspecified atom stereocenters. The number of carbonyl (C=O) groups is 2. The Morgan fingerprint density at radius 1 is 1.33 bits per heavy atom. The van der Waals surface area contributed by atoms with Crippen molar-refractivity contribution in [1.82, 2.24) is 0 Å². The monoisotopic (exact) mass is 294 g/mol. The summed E-state index contributed by atoms with van der Waals surface area (Å²) in [5.41, 5.74) is 6.19. The Kier molecular flexibility index (Phi) is 6.35. The summed E-state index contributed by atoms with van der Waals surface area (Å²) in [6.45, 7) is 1.59. The van der Waals surface area contributed by atoms with Crippen molar-refractivity contribution >= 4 is 17.5 Å². The molecular formula is C14H18N2O5. The number of nitrogens with two attached hydrogens (primary N) is 1. The molecule has 0 aliphatic rings. The molecule has 0 spiro atoms. The molecule has 3 N–H and O–H groups in total. The number of carboxylic acids is 1. The van der Waals surface area contributed by atoms with E-state index in [-0.39, 0.29) is 24.5 Å². The number of hydrogen-bond donors (Lipinski definition) is 2. The van der Waals surface area contributed by atoms with Crippen molar-refractivity contribution in [2.45, 2.75) is 19.4 Å². The van der Waals surface area contributed by atoms with E-state index in [2.05, 4.69) is 9.99 Å². The Labute approximate surface area is 122 Å². The lowest BCUT2D eigenvalue weighted by atomic mass is 10.1. The molecule has 0 aromatic heterocycles. The molecule has 0 amide bonds. The first-order valence-electron chi connectivity index (χ1n) is 6.29. The number of carbonyl (C=O) groups excluding carboxylic acids is 1. The molecule has 0 saturated heterocycles. The van der Waals surface area contributed by atoms with E-state index in [4.69, 9.17) is 15.6 Å². The summed E-state index contributed by atoms with van der Waals surface area (Å²) in [7, 11) is 1.37. The van der Waals surface area contributed by atoms with Gasteiger partial charge in [0.1, 0.15) is 18.9 Å². The molecule has 7 heteroatoms. The minimum absolute atomic E-state index is 0.193. The third-order valence-corrected chi connectivity index (χ3v) is 2.66. The lowest BCUT2D eigenvalue weighted by Gasteiger charge is -2.09. The minimum atomic E-state index is -1.06. The molecule has 0 heterocycles. The Balaban J connectivity index is 2.64. The second kappa shape index (κ2) is 8.01. The van der Waals surface area contributed by atoms with Crippen LogP contribution in [0.3, 0.4) is 0 Å². The third-order valence-electron chi connectivity index (χ3n) is 2.66. The minimum Gasteiger partial charge on any atom is -0.494 e. The van der Waals surface area contributed by atoms with Gasteiger partial charge in [0, 0.05) is 18.9 Å². The average Bonchev–Trinajstić information content (AvgIpc) is 2.45. The first-order chi connectivity index (χ1) is 9.95. The number of carboxylic acid groups (broad SMARTS) is 1. The molecule has 1 atom stereocenters. The molecule has 0 radical (unpaired) electrons. The number of rotatable bonds is 8. The quantitative estimate of drug-likeness (QED) is 0.542. The molecule has 0 fully saturated rings. The summed E-state index contributed by atoms with van der Waals surface area (Å²) in [5.74, 6) is -0.717. The van der Waals surface area contributed by atoms with Gasteiger partial charge in [0.15, 0.2) is 11.5 Å². The van der Waals surface area contributed by atoms with Crippen LogP contribution in [0, 0.1) is 0 Å². The zero-order chi connectivity index (χ0) is 15.8. The Morgan fingerprint density at radius 3 is 2.43 bits per heavy atom. The average molecular weight is 294 g/mol. The molecule has 21 heavy (non-hydrogen) atoms. The molecular weight excluding hydrogens is 276 g/mol. The molecule has 7 nitrogen and oxygen atoms in total. The molecule has 0 saturated carbocycles. The van der Waals surface area contributed by atoms with Gasteiger partial charge in [-0.05, 0) is 24.3 Å². The SMILES string of the molecule is CO/N=C(\C(C)=O)c1ccc(OCC[C@@H](N)C(=O)O)cc1. The van der Waals surface area contributed by atoms with E-state index < -0.39 is 12.0 Å². The largest absolute Gasteiger partial charge is 0.494 e. The van der Waals surface area contributed by atoms with E-state index in [0.29, 0.717) is 11.3 Å². The summed E-state index contributed by atoms with van der Waals surface area (Å²) >= 11 is 0. The van der Waals surface area contributed by atoms with E-state index >= 15 is 0 Å². The molecule has 0 aliphatic carbocycles. The van der Waals surface area contributed by atoms with Crippen molar-refractivity contribution in [3.63, 3.8) is 0 Å². The summed E-state index contributed by atoms with van der Waals surface area (Å²) in [6.07, 6.45) is 0.209. The van der Waals surface area contributed by atoms with Crippen LogP contribution in [0.25, 0.3) is 0 Å². The lowest BCUT2D eigenvalue weighted by Crippen LogP contribution is -2.31. The van der Waals surface area contributed by atoms with Gasteiger partial charge in [0.25, 0.3) is 0 Å². The van der Waals surface area contributed by atoms with E-state index in [9.17, 15) is 9.59 Å². The van der Waals surface area contributed by atoms with Crippen LogP contribution in [-0.4, -0.2) is 42.3 Å². The third kappa shape index (κ3) is 5.23. The van der Waals surface area contributed by atoms with Crippen LogP contribution >= 0.6 is 0 Å². The van der Waals surface area contributed by atoms with Gasteiger partial charge in [-0.3, -0.25) is 9.59 Å². The predicted octanol–water partition coefficient (Wildman–Crippen LogP) is 0.807. The summed E-state index contributed by atoms with van der Waals surface area (Å²) < 4.78 is 5.38. The smallest absolute Gasteiger partial charge is 0.320 e. The normalized spacial score (nSPS) is 12.6. The van der Waals surface area contributed by atoms with Crippen molar-refractivity contribution in [3.05, 3.63) is 29.8 Å². The number of ether oxygens (including phenoxy) is 1. The molecule has 1 rings (SSSR count). The highest BCUT2D eigenvalue weighted by Gasteiger charge is 2.12. The number of nitrogens with zero attached hydrogens (tertiary/aromatic N) is 1. The number of Topliss-reactive ketones (excluding diaryl/α,β-unsaturated/α-hetero) is 1. The molecule has 1 aromatic carbocycles. The van der Waals surface area contributed by atoms with Crippen molar-refractivity contribution in [2.24, 2.45) is 10.9 Å². The standard InChI is InChI=1S/C14H18N2O5/c1-9(17)13(16-20-2)10-3-5-11(6-4-10)21-8-7-12(15)14(18)19/h3-6,12H,7-8,15H2,1-2H3,(H,18,19)/b16-13+/t12-/m1/s1. The van der Waals surface area contributed by atoms with Gasteiger partial charge in [0.2, 0.25) is 0 Å². The fraction of sp³-hybridized carbons (Fsp3) is 0.357. The predicted molar refractivity (Wildman–Crippen MR) is 76.4 cm³/mol. The van der Waals surface area contributed by atoms with Gasteiger partial charge in [-0.25, -0.2) is 0 Å². The topological polar surface area (TPSA) is 111 Å². The molecule has 1 aromatic rings. The van der Waals surface area contributed by atoms with Gasteiger partial charge < -0.3 is 20.4 Å². The van der Waals surface area contributed by atoms with Crippen molar-refractivity contribution in [1.29, 1.82) is 0 Å². The number of aliphatic carboxylic acids is 1. The second-order valence-corrected chi connectivity index (χ2v) is 4.28. The zero-order valence-electron chi connectivity index (χ0n) is 11.9. The maximum atomic E-state index is 11.4. The fourth-order valence-corrected chi connectivity index (χ4v) is 1.55. The molecule has 114 valence electrons. The van der Waals surface area contributed by atoms with Crippen LogP contribution < -0.4 is 10.5 Å². The first-order valence-corrected chi connectivity index (χ1v) is 6.29. The van der Waals surface area contributed by atoms with Crippen molar-refractivity contribution in [2.75, 3.05) is 13.7 Å². The van der Waals surface area contributed by atoms with Gasteiger partial charge in [0.05, 0.1) is 6.61 Å². The van der Waals surface area contributed by atoms with Crippen LogP contribution in [0.1, 0.15) is 18.9 Å². The van der Waals surface area contributed by atoms with Crippen LogP contribution in [0.5, 0.6) is 5.75 Å². The molecule has 0 aliphatic heterocycles. The second-order valence-electron chi connectivity index (χ2n) is 4.28. The molecule has 0 bridgehead atoms. The number of hydrogen-bond acceptors (Lipinski definition) is 6. The van der Waals surface area contributed by atoms with Crippen LogP contribution in [0.15, 0.2) is 29.4 Å². The van der Waals surface area contributed by atoms with E-state index in [0.717, 1.165) is 0 Å². The maximum Gasteiger partial charge on any atom is 0.320 e. The summed E-state index contributed by atoms with van der Waals surface area (Å²) in [5, 5.41) is 12.3. The van der Waals surface area contributed by atoms with Crippen LogP contribution in [0.4, 0.5) is 0 Å². The zero-order valence-corrected chi connectivity index (χ0v) is 11.9. The highest BCUT2D eigenvalue weighted by atomic mass is 16.6. The van der Waals surface area contributed by atoms with Crippen molar-refractivity contribution < 1.29 is 24.3 Å². The maximum absolute atomic E-state index is 11.4. The van der Waals surface area contributed by atoms with Crippen molar-refractivity contribution in [3.8, 4) is 5.75 Å². The highest BCUT2D eigenvalue weighted by molar-refractivity contribution is 6.45. The Morgan fingerprint density at radius 2 is 1.95 bits per heavy atom. The fourth-order valence-electron chi connectivity index (χ4n) is 1.55. The highest BCUT2D eigenvalue weighted by Crippen LogP contribution is 2.14. The number of ketones is 1. The number of oxime groups is 1. The van der Waals surface area contributed by atoms with Gasteiger partial charge in [-0.1, -0.05) is 5.16 Å². The van der Waals surface area contributed by atoms with E-state index in [1.807, 2.05) is 0 Å². The number of benzene rings is 1. The van der Waals surface area contributed by atoms with E-state index in [1.54, 1.807) is 24.3 Å². The van der Waals surface area contributed by atoms with Gasteiger partial charge >= 0.3 is 5.97 Å². The van der Waals surface area contributed by atoms with Gasteiger partial charge in [-0.15, -0.1) is 0 Å². The van der Waals surface area contributed by atoms with E-state index in [1.165, 1.54) is 14.0 Å².